The van der Waals surface area contributed by atoms with E-state index in [4.69, 9.17) is 0 Å². The second-order valence-electron chi connectivity index (χ2n) is 3.34. The molecule has 1 saturated heterocycles. The van der Waals surface area contributed by atoms with Gasteiger partial charge in [-0.2, -0.15) is 11.8 Å². The Balaban J connectivity index is 1.63. The minimum atomic E-state index is 0.743. The first-order valence-electron chi connectivity index (χ1n) is 4.73. The number of rotatable bonds is 4. The SMILES string of the molecule is c1ncc(CCNC2CCSC2)[nH]1. The van der Waals surface area contributed by atoms with Gasteiger partial charge in [-0.3, -0.25) is 0 Å². The van der Waals surface area contributed by atoms with Gasteiger partial charge >= 0.3 is 0 Å². The molecule has 2 heterocycles. The molecule has 1 unspecified atom stereocenters. The van der Waals surface area contributed by atoms with E-state index < -0.39 is 0 Å². The molecule has 0 aliphatic carbocycles. The highest BCUT2D eigenvalue weighted by Crippen LogP contribution is 2.16. The molecule has 0 spiro atoms. The number of aromatic amines is 1. The van der Waals surface area contributed by atoms with Crippen LogP contribution in [-0.2, 0) is 6.42 Å². The monoisotopic (exact) mass is 197 g/mol. The Morgan fingerprint density at radius 2 is 2.69 bits per heavy atom. The van der Waals surface area contributed by atoms with Crippen molar-refractivity contribution in [2.45, 2.75) is 18.9 Å². The summed E-state index contributed by atoms with van der Waals surface area (Å²) in [6, 6.07) is 0.743. The number of thioether (sulfide) groups is 1. The Labute approximate surface area is 82.7 Å². The predicted octanol–water partition coefficient (Wildman–Crippen LogP) is 1.05. The number of imidazole rings is 1. The summed E-state index contributed by atoms with van der Waals surface area (Å²) < 4.78 is 0. The first-order chi connectivity index (χ1) is 6.45. The van der Waals surface area contributed by atoms with Crippen molar-refractivity contribution in [1.29, 1.82) is 0 Å². The second-order valence-corrected chi connectivity index (χ2v) is 4.49. The topological polar surface area (TPSA) is 40.7 Å². The Morgan fingerprint density at radius 3 is 3.38 bits per heavy atom. The maximum absolute atomic E-state index is 3.99. The average Bonchev–Trinajstić information content (AvgIpc) is 2.75. The molecule has 3 nitrogen and oxygen atoms in total. The lowest BCUT2D eigenvalue weighted by Crippen LogP contribution is -2.30. The third-order valence-electron chi connectivity index (χ3n) is 2.31. The molecule has 0 amide bonds. The zero-order valence-corrected chi connectivity index (χ0v) is 8.44. The number of hydrogen-bond donors (Lipinski definition) is 2. The molecule has 0 radical (unpaired) electrons. The van der Waals surface area contributed by atoms with E-state index in [-0.39, 0.29) is 0 Å². The van der Waals surface area contributed by atoms with Crippen LogP contribution < -0.4 is 5.32 Å². The third-order valence-corrected chi connectivity index (χ3v) is 3.47. The number of aromatic nitrogens is 2. The molecule has 1 aliphatic rings. The quantitative estimate of drug-likeness (QED) is 0.758. The van der Waals surface area contributed by atoms with Crippen LogP contribution in [0.4, 0.5) is 0 Å². The summed E-state index contributed by atoms with van der Waals surface area (Å²) in [7, 11) is 0. The second kappa shape index (κ2) is 4.67. The molecule has 2 N–H and O–H groups in total. The lowest BCUT2D eigenvalue weighted by molar-refractivity contribution is 0.558. The molecule has 1 aromatic heterocycles. The van der Waals surface area contributed by atoms with E-state index in [0.29, 0.717) is 0 Å². The summed E-state index contributed by atoms with van der Waals surface area (Å²) >= 11 is 2.05. The number of hydrogen-bond acceptors (Lipinski definition) is 3. The van der Waals surface area contributed by atoms with Crippen molar-refractivity contribution in [3.63, 3.8) is 0 Å². The minimum absolute atomic E-state index is 0.743. The van der Waals surface area contributed by atoms with Gasteiger partial charge in [0.05, 0.1) is 6.33 Å². The Bertz CT molecular complexity index is 229. The first kappa shape index (κ1) is 9.09. The van der Waals surface area contributed by atoms with Gasteiger partial charge in [-0.05, 0) is 12.2 Å². The van der Waals surface area contributed by atoms with Crippen LogP contribution in [0, 0.1) is 0 Å². The van der Waals surface area contributed by atoms with Gasteiger partial charge in [0.2, 0.25) is 0 Å². The van der Waals surface area contributed by atoms with Crippen LogP contribution in [0.3, 0.4) is 0 Å². The highest BCUT2D eigenvalue weighted by atomic mass is 32.2. The molecule has 72 valence electrons. The van der Waals surface area contributed by atoms with Crippen LogP contribution in [0.5, 0.6) is 0 Å². The summed E-state index contributed by atoms with van der Waals surface area (Å²) in [5, 5.41) is 3.55. The summed E-state index contributed by atoms with van der Waals surface area (Å²) in [5.74, 6) is 2.60. The molecule has 4 heteroatoms. The largest absolute Gasteiger partial charge is 0.348 e. The van der Waals surface area contributed by atoms with E-state index in [1.54, 1.807) is 6.33 Å². The van der Waals surface area contributed by atoms with Crippen LogP contribution >= 0.6 is 11.8 Å². The summed E-state index contributed by atoms with van der Waals surface area (Å²) in [6.45, 7) is 1.06. The van der Waals surface area contributed by atoms with Crippen LogP contribution in [-0.4, -0.2) is 34.1 Å². The van der Waals surface area contributed by atoms with Crippen LogP contribution in [0.15, 0.2) is 12.5 Å². The van der Waals surface area contributed by atoms with Gasteiger partial charge in [0.1, 0.15) is 0 Å². The molecule has 0 saturated carbocycles. The lowest BCUT2D eigenvalue weighted by Gasteiger charge is -2.09. The number of H-pyrrole nitrogens is 1. The van der Waals surface area contributed by atoms with Gasteiger partial charge in [0.25, 0.3) is 0 Å². The molecule has 0 bridgehead atoms. The smallest absolute Gasteiger partial charge is 0.0921 e. The zero-order chi connectivity index (χ0) is 8.93. The molecule has 13 heavy (non-hydrogen) atoms. The fourth-order valence-corrected chi connectivity index (χ4v) is 2.71. The maximum atomic E-state index is 3.99. The van der Waals surface area contributed by atoms with Crippen molar-refractivity contribution in [2.24, 2.45) is 0 Å². The minimum Gasteiger partial charge on any atom is -0.348 e. The van der Waals surface area contributed by atoms with E-state index >= 15 is 0 Å². The molecule has 2 rings (SSSR count). The molecule has 1 atom stereocenters. The summed E-state index contributed by atoms with van der Waals surface area (Å²) in [4.78, 5) is 7.09. The summed E-state index contributed by atoms with van der Waals surface area (Å²) in [6.07, 6.45) is 6.01. The highest BCUT2D eigenvalue weighted by molar-refractivity contribution is 7.99. The third kappa shape index (κ3) is 2.74. The first-order valence-corrected chi connectivity index (χ1v) is 5.89. The normalized spacial score (nSPS) is 22.3. The predicted molar refractivity (Wildman–Crippen MR) is 56.0 cm³/mol. The molecule has 1 fully saturated rings. The van der Waals surface area contributed by atoms with Crippen molar-refractivity contribution in [2.75, 3.05) is 18.1 Å². The van der Waals surface area contributed by atoms with Gasteiger partial charge in [0, 0.05) is 36.7 Å². The Kier molecular flexibility index (Phi) is 3.27. The molecular formula is C9H15N3S. The van der Waals surface area contributed by atoms with Gasteiger partial charge < -0.3 is 10.3 Å². The van der Waals surface area contributed by atoms with Gasteiger partial charge in [-0.15, -0.1) is 0 Å². The van der Waals surface area contributed by atoms with Crippen LogP contribution in [0.25, 0.3) is 0 Å². The van der Waals surface area contributed by atoms with Gasteiger partial charge in [0.15, 0.2) is 0 Å². The molecule has 1 aliphatic heterocycles. The fourth-order valence-electron chi connectivity index (χ4n) is 1.53. The van der Waals surface area contributed by atoms with Gasteiger partial charge in [-0.25, -0.2) is 4.98 Å². The van der Waals surface area contributed by atoms with Crippen LogP contribution in [0.2, 0.25) is 0 Å². The average molecular weight is 197 g/mol. The number of nitrogens with zero attached hydrogens (tertiary/aromatic N) is 1. The van der Waals surface area contributed by atoms with E-state index in [1.807, 2.05) is 18.0 Å². The Morgan fingerprint density at radius 1 is 1.69 bits per heavy atom. The zero-order valence-electron chi connectivity index (χ0n) is 7.62. The highest BCUT2D eigenvalue weighted by Gasteiger charge is 2.13. The van der Waals surface area contributed by atoms with E-state index in [1.165, 1.54) is 23.6 Å². The van der Waals surface area contributed by atoms with E-state index in [0.717, 1.165) is 19.0 Å². The number of nitrogens with one attached hydrogen (secondary N) is 2. The summed E-state index contributed by atoms with van der Waals surface area (Å²) in [5.41, 5.74) is 1.22. The molecule has 1 aromatic rings. The maximum Gasteiger partial charge on any atom is 0.0921 e. The standard InChI is InChI=1S/C9H15N3S/c1(8-5-10-7-12-8)3-11-9-2-4-13-6-9/h5,7,9,11H,1-4,6H2,(H,10,12). The Hall–Kier alpha value is -0.480. The van der Waals surface area contributed by atoms with Crippen molar-refractivity contribution < 1.29 is 0 Å². The van der Waals surface area contributed by atoms with E-state index in [9.17, 15) is 0 Å². The van der Waals surface area contributed by atoms with Crippen LogP contribution in [0.1, 0.15) is 12.1 Å². The molecular weight excluding hydrogens is 182 g/mol. The molecule has 0 aromatic carbocycles. The fraction of sp³-hybridized carbons (Fsp3) is 0.667. The van der Waals surface area contributed by atoms with Crippen molar-refractivity contribution in [3.8, 4) is 0 Å². The van der Waals surface area contributed by atoms with Crippen molar-refractivity contribution in [3.05, 3.63) is 18.2 Å². The van der Waals surface area contributed by atoms with Crippen molar-refractivity contribution in [1.82, 2.24) is 15.3 Å². The van der Waals surface area contributed by atoms with Crippen molar-refractivity contribution >= 4 is 11.8 Å². The van der Waals surface area contributed by atoms with Gasteiger partial charge in [-0.1, -0.05) is 0 Å². The van der Waals surface area contributed by atoms with E-state index in [2.05, 4.69) is 15.3 Å². The lowest BCUT2D eigenvalue weighted by atomic mass is 10.2.